The largest absolute Gasteiger partial charge is 0.496 e. The van der Waals surface area contributed by atoms with Gasteiger partial charge < -0.3 is 14.7 Å². The number of quaternary nitrogens is 1. The first-order chi connectivity index (χ1) is 12.5. The summed E-state index contributed by atoms with van der Waals surface area (Å²) in [7, 11) is 1.62. The third kappa shape index (κ3) is 4.20. The third-order valence-electron chi connectivity index (χ3n) is 4.82. The summed E-state index contributed by atoms with van der Waals surface area (Å²) < 4.78 is 5.39. The number of nitrogens with one attached hydrogen (secondary N) is 2. The molecule has 1 aromatic heterocycles. The Morgan fingerprint density at radius 3 is 2.73 bits per heavy atom. The van der Waals surface area contributed by atoms with Crippen LogP contribution >= 0.6 is 11.3 Å². The predicted octanol–water partition coefficient (Wildman–Crippen LogP) is 0.614. The number of carbonyl (C=O) groups excluding carboxylic acids is 1. The van der Waals surface area contributed by atoms with Crippen LogP contribution in [-0.4, -0.2) is 48.0 Å². The van der Waals surface area contributed by atoms with E-state index >= 15 is 0 Å². The van der Waals surface area contributed by atoms with E-state index in [0.29, 0.717) is 30.3 Å². The Kier molecular flexibility index (Phi) is 5.85. The number of methoxy groups -OCH3 is 1. The fourth-order valence-electron chi connectivity index (χ4n) is 3.33. The molecule has 1 amide bonds. The molecule has 8 heteroatoms. The lowest BCUT2D eigenvalue weighted by molar-refractivity contribution is -0.899. The van der Waals surface area contributed by atoms with Crippen LogP contribution < -0.4 is 15.0 Å². The van der Waals surface area contributed by atoms with Crippen LogP contribution in [0.2, 0.25) is 0 Å². The Hall–Kier alpha value is -2.03. The van der Waals surface area contributed by atoms with E-state index in [1.807, 2.05) is 31.2 Å². The van der Waals surface area contributed by atoms with Gasteiger partial charge in [0.1, 0.15) is 16.4 Å². The number of aliphatic hydroxyl groups is 1. The minimum Gasteiger partial charge on any atom is -0.496 e. The van der Waals surface area contributed by atoms with Crippen molar-refractivity contribution in [3.05, 3.63) is 34.8 Å². The number of aryl methyl sites for hydroxylation is 1. The monoisotopic (exact) mass is 377 g/mol. The lowest BCUT2D eigenvalue weighted by Gasteiger charge is -2.36. The molecule has 3 rings (SSSR count). The minimum absolute atomic E-state index is 0.0680. The van der Waals surface area contributed by atoms with Gasteiger partial charge in [0.25, 0.3) is 5.91 Å². The summed E-state index contributed by atoms with van der Waals surface area (Å²) in [5, 5.41) is 23.3. The van der Waals surface area contributed by atoms with E-state index in [4.69, 9.17) is 4.74 Å². The first-order valence-electron chi connectivity index (χ1n) is 8.85. The van der Waals surface area contributed by atoms with E-state index in [0.717, 1.165) is 35.0 Å². The molecule has 2 heterocycles. The van der Waals surface area contributed by atoms with Crippen LogP contribution in [0.4, 0.5) is 5.13 Å². The van der Waals surface area contributed by atoms with E-state index in [-0.39, 0.29) is 5.91 Å². The molecule has 7 nitrogen and oxygen atoms in total. The summed E-state index contributed by atoms with van der Waals surface area (Å²) in [6.07, 6.45) is 2.00. The summed E-state index contributed by atoms with van der Waals surface area (Å²) in [6.45, 7) is 3.81. The SMILES string of the molecule is CCc1nnc(NC(=O)C[NH+]2CCC(O)(c3ccccc3OC)CC2)s1. The minimum atomic E-state index is -0.901. The van der Waals surface area contributed by atoms with Crippen LogP contribution in [0.25, 0.3) is 0 Å². The molecule has 0 bridgehead atoms. The lowest BCUT2D eigenvalue weighted by atomic mass is 9.84. The summed E-state index contributed by atoms with van der Waals surface area (Å²) >= 11 is 1.41. The van der Waals surface area contributed by atoms with E-state index in [1.165, 1.54) is 11.3 Å². The maximum atomic E-state index is 12.2. The predicted molar refractivity (Wildman–Crippen MR) is 99.6 cm³/mol. The Morgan fingerprint density at radius 1 is 1.35 bits per heavy atom. The Morgan fingerprint density at radius 2 is 2.08 bits per heavy atom. The van der Waals surface area contributed by atoms with Crippen molar-refractivity contribution in [1.82, 2.24) is 10.2 Å². The van der Waals surface area contributed by atoms with Gasteiger partial charge in [-0.3, -0.25) is 10.1 Å². The van der Waals surface area contributed by atoms with E-state index in [9.17, 15) is 9.90 Å². The van der Waals surface area contributed by atoms with Crippen LogP contribution in [0, 0.1) is 0 Å². The molecule has 0 unspecified atom stereocenters. The number of anilines is 1. The number of piperidine rings is 1. The number of hydrogen-bond acceptors (Lipinski definition) is 6. The molecule has 0 atom stereocenters. The molecule has 0 radical (unpaired) electrons. The second-order valence-electron chi connectivity index (χ2n) is 6.56. The molecule has 1 aliphatic heterocycles. The standard InChI is InChI=1S/C18H24N4O3S/c1-3-16-20-21-17(26-16)19-15(23)12-22-10-8-18(24,9-11-22)13-6-4-5-7-14(13)25-2/h4-7,24H,3,8-12H2,1-2H3,(H,19,21,23)/p+1. The molecule has 26 heavy (non-hydrogen) atoms. The van der Waals surface area contributed by atoms with E-state index in [1.54, 1.807) is 7.11 Å². The smallest absolute Gasteiger partial charge is 0.281 e. The number of ether oxygens (including phenoxy) is 1. The second-order valence-corrected chi connectivity index (χ2v) is 7.62. The summed E-state index contributed by atoms with van der Waals surface area (Å²) in [4.78, 5) is 13.4. The molecule has 0 aliphatic carbocycles. The number of para-hydroxylation sites is 1. The van der Waals surface area contributed by atoms with Crippen LogP contribution in [0.5, 0.6) is 5.75 Å². The highest BCUT2D eigenvalue weighted by Crippen LogP contribution is 2.35. The molecule has 3 N–H and O–H groups in total. The lowest BCUT2D eigenvalue weighted by Crippen LogP contribution is -3.14. The number of hydrogen-bond donors (Lipinski definition) is 3. The summed E-state index contributed by atoms with van der Waals surface area (Å²) in [5.74, 6) is 0.640. The number of benzene rings is 1. The molecule has 140 valence electrons. The number of aromatic nitrogens is 2. The zero-order valence-corrected chi connectivity index (χ0v) is 15.9. The fourth-order valence-corrected chi connectivity index (χ4v) is 4.03. The van der Waals surface area contributed by atoms with Crippen molar-refractivity contribution >= 4 is 22.4 Å². The molecule has 2 aromatic rings. The summed E-state index contributed by atoms with van der Waals surface area (Å²) in [6, 6.07) is 7.59. The molecular formula is C18H25N4O3S+. The van der Waals surface area contributed by atoms with Crippen LogP contribution in [0.3, 0.4) is 0 Å². The van der Waals surface area contributed by atoms with Gasteiger partial charge in [-0.2, -0.15) is 0 Å². The number of nitrogens with zero attached hydrogens (tertiary/aromatic N) is 2. The normalized spacial score (nSPS) is 22.8. The molecular weight excluding hydrogens is 352 g/mol. The Labute approximate surface area is 157 Å². The average Bonchev–Trinajstić information content (AvgIpc) is 3.11. The zero-order valence-electron chi connectivity index (χ0n) is 15.1. The van der Waals surface area contributed by atoms with Crippen LogP contribution in [-0.2, 0) is 16.8 Å². The number of rotatable bonds is 6. The van der Waals surface area contributed by atoms with Crippen LogP contribution in [0.1, 0.15) is 30.3 Å². The van der Waals surface area contributed by atoms with Gasteiger partial charge in [0.2, 0.25) is 5.13 Å². The molecule has 1 fully saturated rings. The van der Waals surface area contributed by atoms with Gasteiger partial charge in [0.05, 0.1) is 20.2 Å². The highest BCUT2D eigenvalue weighted by molar-refractivity contribution is 7.15. The molecule has 0 spiro atoms. The number of amides is 1. The van der Waals surface area contributed by atoms with Crippen molar-refractivity contribution < 1.29 is 19.5 Å². The molecule has 0 saturated carbocycles. The molecule has 1 aromatic carbocycles. The first kappa shape index (κ1) is 18.8. The zero-order chi connectivity index (χ0) is 18.6. The average molecular weight is 377 g/mol. The van der Waals surface area contributed by atoms with Crippen molar-refractivity contribution in [2.75, 3.05) is 32.1 Å². The van der Waals surface area contributed by atoms with Crippen molar-refractivity contribution in [3.8, 4) is 5.75 Å². The molecule has 1 saturated heterocycles. The van der Waals surface area contributed by atoms with Crippen molar-refractivity contribution in [1.29, 1.82) is 0 Å². The maximum Gasteiger partial charge on any atom is 0.281 e. The number of likely N-dealkylation sites (tertiary alicyclic amines) is 1. The highest BCUT2D eigenvalue weighted by Gasteiger charge is 2.38. The first-order valence-corrected chi connectivity index (χ1v) is 9.67. The summed E-state index contributed by atoms with van der Waals surface area (Å²) in [5.41, 5.74) is -0.0751. The quantitative estimate of drug-likeness (QED) is 0.687. The van der Waals surface area contributed by atoms with Gasteiger partial charge in [-0.15, -0.1) is 10.2 Å². The van der Waals surface area contributed by atoms with Gasteiger partial charge in [-0.25, -0.2) is 0 Å². The second kappa shape index (κ2) is 8.11. The fraction of sp³-hybridized carbons (Fsp3) is 0.500. The number of carbonyl (C=O) groups is 1. The molecule has 1 aliphatic rings. The van der Waals surface area contributed by atoms with Gasteiger partial charge in [0.15, 0.2) is 6.54 Å². The van der Waals surface area contributed by atoms with E-state index in [2.05, 4.69) is 15.5 Å². The Bertz CT molecular complexity index is 756. The highest BCUT2D eigenvalue weighted by atomic mass is 32.1. The van der Waals surface area contributed by atoms with Crippen molar-refractivity contribution in [3.63, 3.8) is 0 Å². The van der Waals surface area contributed by atoms with Gasteiger partial charge in [0, 0.05) is 18.4 Å². The topological polar surface area (TPSA) is 88.8 Å². The van der Waals surface area contributed by atoms with Gasteiger partial charge >= 0.3 is 0 Å². The van der Waals surface area contributed by atoms with Crippen molar-refractivity contribution in [2.24, 2.45) is 0 Å². The van der Waals surface area contributed by atoms with Gasteiger partial charge in [-0.05, 0) is 12.5 Å². The van der Waals surface area contributed by atoms with Crippen molar-refractivity contribution in [2.45, 2.75) is 31.8 Å². The van der Waals surface area contributed by atoms with Gasteiger partial charge in [-0.1, -0.05) is 36.5 Å². The third-order valence-corrected chi connectivity index (χ3v) is 5.80. The maximum absolute atomic E-state index is 12.2. The van der Waals surface area contributed by atoms with Crippen LogP contribution in [0.15, 0.2) is 24.3 Å². The Balaban J connectivity index is 1.55. The van der Waals surface area contributed by atoms with E-state index < -0.39 is 5.60 Å².